The van der Waals surface area contributed by atoms with E-state index in [1.165, 1.54) is 35.6 Å². The van der Waals surface area contributed by atoms with Crippen LogP contribution in [0.2, 0.25) is 0 Å². The van der Waals surface area contributed by atoms with E-state index in [0.29, 0.717) is 27.4 Å². The molecule has 0 radical (unpaired) electrons. The molecule has 28 heavy (non-hydrogen) atoms. The van der Waals surface area contributed by atoms with Crippen LogP contribution in [-0.2, 0) is 10.0 Å². The maximum atomic E-state index is 14.0. The Hall–Kier alpha value is -2.98. The van der Waals surface area contributed by atoms with E-state index in [0.717, 1.165) is 18.5 Å². The molecule has 0 aliphatic heterocycles. The molecular weight excluding hydrogens is 411 g/mol. The number of nitrogens with one attached hydrogen (secondary N) is 1. The quantitative estimate of drug-likeness (QED) is 0.524. The van der Waals surface area contributed by atoms with E-state index in [4.69, 9.17) is 0 Å². The largest absolute Gasteiger partial charge is 0.266 e. The highest BCUT2D eigenvalue weighted by Gasteiger charge is 2.23. The summed E-state index contributed by atoms with van der Waals surface area (Å²) in [5, 5.41) is 2.10. The summed E-state index contributed by atoms with van der Waals surface area (Å²) in [4.78, 5) is 7.71. The number of aromatic nitrogens is 2. The van der Waals surface area contributed by atoms with Crippen LogP contribution in [0.25, 0.3) is 21.3 Å². The summed E-state index contributed by atoms with van der Waals surface area (Å²) in [6.45, 7) is 0. The van der Waals surface area contributed by atoms with Crippen molar-refractivity contribution in [1.29, 1.82) is 0 Å². The molecule has 2 aromatic heterocycles. The monoisotopic (exact) mass is 421 g/mol. The molecule has 4 rings (SSSR count). The Bertz CT molecular complexity index is 1290. The molecule has 2 aromatic carbocycles. The minimum atomic E-state index is -4.45. The fourth-order valence-corrected chi connectivity index (χ4v) is 4.69. The van der Waals surface area contributed by atoms with Crippen LogP contribution >= 0.6 is 11.3 Å². The van der Waals surface area contributed by atoms with Crippen LogP contribution in [0.3, 0.4) is 0 Å². The number of benzene rings is 2. The Morgan fingerprint density at radius 1 is 0.929 bits per heavy atom. The predicted molar refractivity (Wildman–Crippen MR) is 100.0 cm³/mol. The zero-order valence-corrected chi connectivity index (χ0v) is 15.5. The molecule has 0 saturated heterocycles. The summed E-state index contributed by atoms with van der Waals surface area (Å²) in [5.74, 6) is -2.49. The molecule has 5 nitrogen and oxygen atoms in total. The van der Waals surface area contributed by atoms with Gasteiger partial charge in [-0.05, 0) is 35.9 Å². The maximum absolute atomic E-state index is 14.0. The lowest BCUT2D eigenvalue weighted by Crippen LogP contribution is -2.16. The van der Waals surface area contributed by atoms with Crippen molar-refractivity contribution in [2.45, 2.75) is 4.90 Å². The lowest BCUT2D eigenvalue weighted by Gasteiger charge is -2.10. The molecule has 0 aliphatic rings. The Kier molecular flexibility index (Phi) is 4.52. The second-order valence-electron chi connectivity index (χ2n) is 5.74. The van der Waals surface area contributed by atoms with Gasteiger partial charge in [0, 0.05) is 10.9 Å². The van der Waals surface area contributed by atoms with Gasteiger partial charge >= 0.3 is 0 Å². The number of hydrogen-bond donors (Lipinski definition) is 1. The summed E-state index contributed by atoms with van der Waals surface area (Å²) in [6.07, 6.45) is 1.16. The van der Waals surface area contributed by atoms with Crippen molar-refractivity contribution in [3.8, 4) is 11.1 Å². The lowest BCUT2D eigenvalue weighted by molar-refractivity contribution is 0.555. The maximum Gasteiger partial charge on any atom is 0.266 e. The number of fused-ring (bicyclic) bond motifs is 1. The molecule has 0 unspecified atom stereocenters. The van der Waals surface area contributed by atoms with Gasteiger partial charge in [-0.1, -0.05) is 12.1 Å². The zero-order valence-electron chi connectivity index (χ0n) is 13.9. The van der Waals surface area contributed by atoms with E-state index in [2.05, 4.69) is 14.7 Å². The molecule has 1 N–H and O–H groups in total. The van der Waals surface area contributed by atoms with Crippen LogP contribution in [-0.4, -0.2) is 18.4 Å². The lowest BCUT2D eigenvalue weighted by atomic mass is 10.1. The van der Waals surface area contributed by atoms with Gasteiger partial charge in [0.15, 0.2) is 5.82 Å². The molecule has 0 atom stereocenters. The average molecular weight is 421 g/mol. The minimum absolute atomic E-state index is 0.0887. The first-order valence-electron chi connectivity index (χ1n) is 7.81. The summed E-state index contributed by atoms with van der Waals surface area (Å²) >= 11 is 1.24. The highest BCUT2D eigenvalue weighted by Crippen LogP contribution is 2.37. The third kappa shape index (κ3) is 3.32. The van der Waals surface area contributed by atoms with Crippen molar-refractivity contribution in [2.24, 2.45) is 0 Å². The topological polar surface area (TPSA) is 72.0 Å². The second kappa shape index (κ2) is 6.88. The minimum Gasteiger partial charge on any atom is -0.263 e. The molecule has 0 spiro atoms. The van der Waals surface area contributed by atoms with E-state index >= 15 is 0 Å². The normalized spacial score (nSPS) is 11.7. The van der Waals surface area contributed by atoms with E-state index in [1.54, 1.807) is 5.38 Å². The number of hydrogen-bond acceptors (Lipinski definition) is 5. The number of nitrogens with zero attached hydrogens (tertiary/aromatic N) is 2. The van der Waals surface area contributed by atoms with Gasteiger partial charge in [-0.3, -0.25) is 4.72 Å². The summed E-state index contributed by atoms with van der Waals surface area (Å²) < 4.78 is 68.0. The van der Waals surface area contributed by atoms with Crippen molar-refractivity contribution in [3.05, 3.63) is 71.6 Å². The number of halogens is 3. The SMILES string of the molecule is O=S(=O)(Nc1ncnc2scc(-c3ccc(F)cc3)c12)c1cc(F)ccc1F. The summed E-state index contributed by atoms with van der Waals surface area (Å²) in [7, 11) is -4.45. The average Bonchev–Trinajstić information content (AvgIpc) is 3.09. The van der Waals surface area contributed by atoms with Gasteiger partial charge in [0.1, 0.15) is 33.5 Å². The van der Waals surface area contributed by atoms with Crippen LogP contribution in [0.4, 0.5) is 19.0 Å². The predicted octanol–water partition coefficient (Wildman–Crippen LogP) is 4.58. The van der Waals surface area contributed by atoms with Crippen molar-refractivity contribution >= 4 is 37.4 Å². The smallest absolute Gasteiger partial charge is 0.263 e. The Labute approximate surface area is 161 Å². The zero-order chi connectivity index (χ0) is 19.9. The molecule has 0 saturated carbocycles. The highest BCUT2D eigenvalue weighted by molar-refractivity contribution is 7.92. The highest BCUT2D eigenvalue weighted by atomic mass is 32.2. The van der Waals surface area contributed by atoms with Crippen molar-refractivity contribution in [3.63, 3.8) is 0 Å². The fourth-order valence-electron chi connectivity index (χ4n) is 2.66. The Balaban J connectivity index is 1.84. The number of sulfonamides is 1. The summed E-state index contributed by atoms with van der Waals surface area (Å²) in [6, 6.07) is 7.76. The van der Waals surface area contributed by atoms with Gasteiger partial charge in [0.05, 0.1) is 5.39 Å². The number of rotatable bonds is 4. The van der Waals surface area contributed by atoms with E-state index in [9.17, 15) is 21.6 Å². The van der Waals surface area contributed by atoms with Gasteiger partial charge in [0.2, 0.25) is 0 Å². The molecule has 0 fully saturated rings. The first-order valence-corrected chi connectivity index (χ1v) is 10.2. The third-order valence-electron chi connectivity index (χ3n) is 3.94. The molecule has 142 valence electrons. The van der Waals surface area contributed by atoms with Gasteiger partial charge in [-0.25, -0.2) is 31.6 Å². The first-order chi connectivity index (χ1) is 13.3. The Morgan fingerprint density at radius 2 is 1.64 bits per heavy atom. The molecule has 4 aromatic rings. The summed E-state index contributed by atoms with van der Waals surface area (Å²) in [5.41, 5.74) is 1.21. The third-order valence-corrected chi connectivity index (χ3v) is 6.18. The van der Waals surface area contributed by atoms with Crippen molar-refractivity contribution < 1.29 is 21.6 Å². The van der Waals surface area contributed by atoms with Gasteiger partial charge < -0.3 is 0 Å². The molecule has 0 aliphatic carbocycles. The van der Waals surface area contributed by atoms with E-state index < -0.39 is 32.4 Å². The van der Waals surface area contributed by atoms with Crippen LogP contribution < -0.4 is 4.72 Å². The van der Waals surface area contributed by atoms with Gasteiger partial charge in [0.25, 0.3) is 10.0 Å². The number of anilines is 1. The van der Waals surface area contributed by atoms with E-state index in [-0.39, 0.29) is 5.82 Å². The standard InChI is InChI=1S/C18H10F3N3O2S2/c19-11-3-1-10(2-4-11)13-8-27-18-16(13)17(22-9-23-18)24-28(25,26)15-7-12(20)5-6-14(15)21/h1-9H,(H,22,23,24). The Morgan fingerprint density at radius 3 is 2.39 bits per heavy atom. The van der Waals surface area contributed by atoms with Gasteiger partial charge in [-0.15, -0.1) is 11.3 Å². The van der Waals surface area contributed by atoms with Crippen molar-refractivity contribution in [1.82, 2.24) is 9.97 Å². The molecule has 0 bridgehead atoms. The van der Waals surface area contributed by atoms with Gasteiger partial charge in [-0.2, -0.15) is 0 Å². The van der Waals surface area contributed by atoms with Crippen LogP contribution in [0.5, 0.6) is 0 Å². The van der Waals surface area contributed by atoms with Crippen molar-refractivity contribution in [2.75, 3.05) is 4.72 Å². The first kappa shape index (κ1) is 18.4. The molecule has 2 heterocycles. The molecular formula is C18H10F3N3O2S2. The molecule has 0 amide bonds. The fraction of sp³-hybridized carbons (Fsp3) is 0. The van der Waals surface area contributed by atoms with Crippen LogP contribution in [0.15, 0.2) is 59.1 Å². The van der Waals surface area contributed by atoms with Crippen LogP contribution in [0, 0.1) is 17.5 Å². The van der Waals surface area contributed by atoms with E-state index in [1.807, 2.05) is 0 Å². The molecule has 10 heteroatoms. The second-order valence-corrected chi connectivity index (χ2v) is 8.25. The number of thiophene rings is 1. The van der Waals surface area contributed by atoms with Crippen LogP contribution in [0.1, 0.15) is 0 Å².